The van der Waals surface area contributed by atoms with Gasteiger partial charge in [-0.15, -0.1) is 24.8 Å². The molecule has 1 aromatic heterocycles. The first kappa shape index (κ1) is 22.4. The van der Waals surface area contributed by atoms with Gasteiger partial charge in [0.15, 0.2) is 0 Å². The van der Waals surface area contributed by atoms with Gasteiger partial charge in [-0.25, -0.2) is 9.67 Å². The number of nitrogens with two attached hydrogens (primary N) is 1. The minimum atomic E-state index is -0.0158. The Hall–Kier alpha value is -1.63. The quantitative estimate of drug-likeness (QED) is 0.843. The molecule has 1 aromatic carbocycles. The van der Waals surface area contributed by atoms with E-state index in [-0.39, 0.29) is 36.8 Å². The van der Waals surface area contributed by atoms with Gasteiger partial charge in [-0.05, 0) is 30.5 Å². The van der Waals surface area contributed by atoms with E-state index in [1.54, 1.807) is 23.0 Å². The molecule has 0 spiro atoms. The van der Waals surface area contributed by atoms with Crippen molar-refractivity contribution in [1.29, 1.82) is 0 Å². The molecular formula is C16H25Cl2N5O. The smallest absolute Gasteiger partial charge is 0.253 e. The third-order valence-corrected chi connectivity index (χ3v) is 3.78. The van der Waals surface area contributed by atoms with E-state index in [1.165, 1.54) is 6.33 Å². The molecule has 0 fully saturated rings. The third kappa shape index (κ3) is 5.78. The summed E-state index contributed by atoms with van der Waals surface area (Å²) in [6, 6.07) is 7.46. The summed E-state index contributed by atoms with van der Waals surface area (Å²) in [6.45, 7) is 4.83. The lowest BCUT2D eigenvalue weighted by molar-refractivity contribution is 0.0789. The Bertz CT molecular complexity index is 619. The van der Waals surface area contributed by atoms with Crippen LogP contribution in [0.2, 0.25) is 0 Å². The number of benzene rings is 1. The number of amides is 1. The predicted octanol–water partition coefficient (Wildman–Crippen LogP) is 2.56. The molecule has 2 rings (SSSR count). The molecule has 0 aliphatic carbocycles. The summed E-state index contributed by atoms with van der Waals surface area (Å²) in [4.78, 5) is 18.1. The van der Waals surface area contributed by atoms with Gasteiger partial charge in [0.05, 0.1) is 5.69 Å². The second kappa shape index (κ2) is 10.3. The summed E-state index contributed by atoms with van der Waals surface area (Å²) < 4.78 is 1.63. The van der Waals surface area contributed by atoms with Crippen molar-refractivity contribution in [2.24, 2.45) is 11.7 Å². The van der Waals surface area contributed by atoms with Gasteiger partial charge in [0.1, 0.15) is 12.7 Å². The molecule has 1 unspecified atom stereocenters. The molecule has 2 N–H and O–H groups in total. The Morgan fingerprint density at radius 1 is 1.33 bits per heavy atom. The molecule has 0 saturated carbocycles. The number of carbonyl (C=O) groups is 1. The van der Waals surface area contributed by atoms with E-state index < -0.39 is 0 Å². The summed E-state index contributed by atoms with van der Waals surface area (Å²) in [5.74, 6) is 0.400. The monoisotopic (exact) mass is 373 g/mol. The van der Waals surface area contributed by atoms with Crippen LogP contribution in [-0.4, -0.2) is 45.2 Å². The highest BCUT2D eigenvalue weighted by molar-refractivity contribution is 5.94. The Morgan fingerprint density at radius 2 is 2.04 bits per heavy atom. The lowest BCUT2D eigenvalue weighted by atomic mass is 10.0. The average Bonchev–Trinajstić information content (AvgIpc) is 3.06. The highest BCUT2D eigenvalue weighted by atomic mass is 35.5. The van der Waals surface area contributed by atoms with Crippen LogP contribution in [0.25, 0.3) is 5.69 Å². The van der Waals surface area contributed by atoms with Crippen LogP contribution in [-0.2, 0) is 0 Å². The molecule has 2 aromatic rings. The fourth-order valence-electron chi connectivity index (χ4n) is 2.12. The molecule has 1 amide bonds. The van der Waals surface area contributed by atoms with Crippen LogP contribution in [0.4, 0.5) is 0 Å². The molecule has 0 aliphatic heterocycles. The normalized spacial score (nSPS) is 11.4. The first-order valence-electron chi connectivity index (χ1n) is 7.45. The maximum atomic E-state index is 12.5. The number of rotatable bonds is 6. The molecule has 134 valence electrons. The first-order chi connectivity index (χ1) is 10.5. The van der Waals surface area contributed by atoms with Crippen molar-refractivity contribution in [3.63, 3.8) is 0 Å². The average molecular weight is 374 g/mol. The second-order valence-corrected chi connectivity index (χ2v) is 5.81. The van der Waals surface area contributed by atoms with E-state index in [0.29, 0.717) is 18.0 Å². The van der Waals surface area contributed by atoms with Gasteiger partial charge < -0.3 is 10.6 Å². The third-order valence-electron chi connectivity index (χ3n) is 3.78. The maximum absolute atomic E-state index is 12.5. The van der Waals surface area contributed by atoms with Gasteiger partial charge >= 0.3 is 0 Å². The van der Waals surface area contributed by atoms with E-state index in [9.17, 15) is 4.79 Å². The Kier molecular flexibility index (Phi) is 9.58. The van der Waals surface area contributed by atoms with Gasteiger partial charge in [-0.2, -0.15) is 5.10 Å². The fraction of sp³-hybridized carbons (Fsp3) is 0.438. The van der Waals surface area contributed by atoms with Gasteiger partial charge in [0.25, 0.3) is 5.91 Å². The maximum Gasteiger partial charge on any atom is 0.253 e. The van der Waals surface area contributed by atoms with Crippen LogP contribution in [0.5, 0.6) is 0 Å². The molecule has 8 heteroatoms. The number of carbonyl (C=O) groups excluding carboxylic acids is 1. The minimum Gasteiger partial charge on any atom is -0.342 e. The number of hydrogen-bond donors (Lipinski definition) is 1. The van der Waals surface area contributed by atoms with E-state index in [0.717, 1.165) is 12.1 Å². The van der Waals surface area contributed by atoms with Gasteiger partial charge in [0.2, 0.25) is 0 Å². The Labute approximate surface area is 155 Å². The zero-order valence-electron chi connectivity index (χ0n) is 14.1. The first-order valence-corrected chi connectivity index (χ1v) is 7.45. The van der Waals surface area contributed by atoms with Gasteiger partial charge in [-0.1, -0.05) is 19.9 Å². The van der Waals surface area contributed by atoms with E-state index in [2.05, 4.69) is 23.9 Å². The van der Waals surface area contributed by atoms with Crippen molar-refractivity contribution in [1.82, 2.24) is 19.7 Å². The van der Waals surface area contributed by atoms with Crippen LogP contribution < -0.4 is 5.73 Å². The van der Waals surface area contributed by atoms with Crippen molar-refractivity contribution in [3.05, 3.63) is 42.5 Å². The molecule has 0 saturated heterocycles. The molecular weight excluding hydrogens is 349 g/mol. The Morgan fingerprint density at radius 3 is 2.62 bits per heavy atom. The SMILES string of the molecule is CC(C)C(N)CCN(C)C(=O)c1cccc(-n2cncn2)c1.Cl.Cl. The van der Waals surface area contributed by atoms with Crippen molar-refractivity contribution in [3.8, 4) is 5.69 Å². The standard InChI is InChI=1S/C16H23N5O.2ClH/c1-12(2)15(17)7-8-20(3)16(22)13-5-4-6-14(9-13)21-11-18-10-19-21;;/h4-6,9-12,15H,7-8,17H2,1-3H3;2*1H. The molecule has 0 aliphatic rings. The largest absolute Gasteiger partial charge is 0.342 e. The topological polar surface area (TPSA) is 77.0 Å². The lowest BCUT2D eigenvalue weighted by Gasteiger charge is -2.21. The number of halogens is 2. The van der Waals surface area contributed by atoms with Crippen LogP contribution in [0.3, 0.4) is 0 Å². The van der Waals surface area contributed by atoms with Crippen molar-refractivity contribution < 1.29 is 4.79 Å². The second-order valence-electron chi connectivity index (χ2n) is 5.81. The summed E-state index contributed by atoms with van der Waals surface area (Å²) in [6.07, 6.45) is 3.87. The molecule has 0 radical (unpaired) electrons. The lowest BCUT2D eigenvalue weighted by Crippen LogP contribution is -2.34. The number of hydrogen-bond acceptors (Lipinski definition) is 4. The summed E-state index contributed by atoms with van der Waals surface area (Å²) in [7, 11) is 1.80. The van der Waals surface area contributed by atoms with E-state index >= 15 is 0 Å². The molecule has 1 atom stereocenters. The van der Waals surface area contributed by atoms with Crippen molar-refractivity contribution >= 4 is 30.7 Å². The van der Waals surface area contributed by atoms with E-state index in [4.69, 9.17) is 5.73 Å². The summed E-state index contributed by atoms with van der Waals surface area (Å²) in [5, 5.41) is 4.07. The highest BCUT2D eigenvalue weighted by Gasteiger charge is 2.15. The zero-order valence-corrected chi connectivity index (χ0v) is 15.8. The molecule has 24 heavy (non-hydrogen) atoms. The number of aromatic nitrogens is 3. The fourth-order valence-corrected chi connectivity index (χ4v) is 2.12. The summed E-state index contributed by atoms with van der Waals surface area (Å²) >= 11 is 0. The van der Waals surface area contributed by atoms with Crippen molar-refractivity contribution in [2.45, 2.75) is 26.3 Å². The van der Waals surface area contributed by atoms with E-state index in [1.807, 2.05) is 24.3 Å². The summed E-state index contributed by atoms with van der Waals surface area (Å²) in [5.41, 5.74) is 7.48. The van der Waals surface area contributed by atoms with Crippen LogP contribution >= 0.6 is 24.8 Å². The van der Waals surface area contributed by atoms with Gasteiger partial charge in [0, 0.05) is 25.2 Å². The van der Waals surface area contributed by atoms with Crippen LogP contribution in [0.15, 0.2) is 36.9 Å². The van der Waals surface area contributed by atoms with Gasteiger partial charge in [-0.3, -0.25) is 4.79 Å². The number of nitrogens with zero attached hydrogens (tertiary/aromatic N) is 4. The highest BCUT2D eigenvalue weighted by Crippen LogP contribution is 2.12. The van der Waals surface area contributed by atoms with Crippen molar-refractivity contribution in [2.75, 3.05) is 13.6 Å². The molecule has 1 heterocycles. The zero-order chi connectivity index (χ0) is 16.1. The van der Waals surface area contributed by atoms with Crippen LogP contribution in [0.1, 0.15) is 30.6 Å². The van der Waals surface area contributed by atoms with Crippen LogP contribution in [0, 0.1) is 5.92 Å². The molecule has 0 bridgehead atoms. The Balaban J connectivity index is 0.00000264. The minimum absolute atomic E-state index is 0. The predicted molar refractivity (Wildman–Crippen MR) is 100 cm³/mol. The molecule has 6 nitrogen and oxygen atoms in total.